The zero-order chi connectivity index (χ0) is 13.7. The molecule has 0 saturated carbocycles. The van der Waals surface area contributed by atoms with Gasteiger partial charge in [0, 0.05) is 17.0 Å². The molecular weight excluding hydrogens is 254 g/mol. The topological polar surface area (TPSA) is 69.4 Å². The van der Waals surface area contributed by atoms with Crippen LogP contribution in [0.4, 0.5) is 5.69 Å². The molecule has 0 amide bonds. The molecule has 1 aromatic rings. The molecule has 5 nitrogen and oxygen atoms in total. The maximum Gasteiger partial charge on any atom is 0.319 e. The summed E-state index contributed by atoms with van der Waals surface area (Å²) >= 11 is 1.27. The van der Waals surface area contributed by atoms with Crippen LogP contribution >= 0.6 is 11.8 Å². The van der Waals surface area contributed by atoms with E-state index in [-0.39, 0.29) is 16.9 Å². The van der Waals surface area contributed by atoms with Gasteiger partial charge in [-0.3, -0.25) is 14.9 Å². The molecule has 0 aliphatic carbocycles. The second-order valence-electron chi connectivity index (χ2n) is 3.72. The summed E-state index contributed by atoms with van der Waals surface area (Å²) in [6, 6.07) is 4.61. The van der Waals surface area contributed by atoms with Crippen molar-refractivity contribution in [2.75, 3.05) is 6.61 Å². The van der Waals surface area contributed by atoms with E-state index in [2.05, 4.69) is 0 Å². The van der Waals surface area contributed by atoms with Gasteiger partial charge in [-0.1, -0.05) is 6.07 Å². The molecule has 1 aromatic carbocycles. The van der Waals surface area contributed by atoms with E-state index in [4.69, 9.17) is 4.74 Å². The Hall–Kier alpha value is -1.56. The van der Waals surface area contributed by atoms with E-state index in [0.29, 0.717) is 6.61 Å². The molecule has 6 heteroatoms. The number of carbonyl (C=O) groups is 1. The van der Waals surface area contributed by atoms with E-state index >= 15 is 0 Å². The molecular formula is C12H15NO4S. The Balaban J connectivity index is 2.86. The van der Waals surface area contributed by atoms with Crippen molar-refractivity contribution in [3.8, 4) is 0 Å². The second-order valence-corrected chi connectivity index (χ2v) is 5.10. The van der Waals surface area contributed by atoms with Crippen molar-refractivity contribution in [2.45, 2.75) is 30.9 Å². The fourth-order valence-corrected chi connectivity index (χ4v) is 2.32. The van der Waals surface area contributed by atoms with Gasteiger partial charge < -0.3 is 4.74 Å². The van der Waals surface area contributed by atoms with Gasteiger partial charge in [0.25, 0.3) is 5.69 Å². The summed E-state index contributed by atoms with van der Waals surface area (Å²) in [5, 5.41) is 10.3. The number of hydrogen-bond acceptors (Lipinski definition) is 5. The van der Waals surface area contributed by atoms with Crippen LogP contribution in [-0.2, 0) is 9.53 Å². The Morgan fingerprint density at radius 3 is 2.78 bits per heavy atom. The van der Waals surface area contributed by atoms with E-state index in [1.54, 1.807) is 19.9 Å². The Labute approximate surface area is 110 Å². The summed E-state index contributed by atoms with van der Waals surface area (Å²) < 4.78 is 4.90. The van der Waals surface area contributed by atoms with Gasteiger partial charge in [-0.15, -0.1) is 11.8 Å². The molecule has 0 aromatic heterocycles. The first-order valence-electron chi connectivity index (χ1n) is 5.54. The SMILES string of the molecule is CCOC(=O)C(C)Sc1cc([N+](=O)[O-])ccc1C. The Morgan fingerprint density at radius 1 is 1.56 bits per heavy atom. The highest BCUT2D eigenvalue weighted by Gasteiger charge is 2.18. The van der Waals surface area contributed by atoms with Gasteiger partial charge >= 0.3 is 5.97 Å². The molecule has 1 rings (SSSR count). The highest BCUT2D eigenvalue weighted by molar-refractivity contribution is 8.00. The third-order valence-corrected chi connectivity index (χ3v) is 3.54. The number of rotatable bonds is 5. The number of thioether (sulfide) groups is 1. The van der Waals surface area contributed by atoms with E-state index < -0.39 is 4.92 Å². The molecule has 0 aliphatic heterocycles. The van der Waals surface area contributed by atoms with Crippen molar-refractivity contribution in [2.24, 2.45) is 0 Å². The van der Waals surface area contributed by atoms with E-state index in [9.17, 15) is 14.9 Å². The maximum atomic E-state index is 11.5. The quantitative estimate of drug-likeness (QED) is 0.356. The minimum absolute atomic E-state index is 0.0270. The number of esters is 1. The third-order valence-electron chi connectivity index (χ3n) is 2.30. The molecule has 1 atom stereocenters. The summed E-state index contributed by atoms with van der Waals surface area (Å²) in [7, 11) is 0. The number of nitro benzene ring substituents is 1. The third kappa shape index (κ3) is 3.73. The maximum absolute atomic E-state index is 11.5. The van der Waals surface area contributed by atoms with Crippen LogP contribution in [0.5, 0.6) is 0 Å². The average molecular weight is 269 g/mol. The number of ether oxygens (including phenoxy) is 1. The smallest absolute Gasteiger partial charge is 0.319 e. The molecule has 1 unspecified atom stereocenters. The highest BCUT2D eigenvalue weighted by atomic mass is 32.2. The number of carbonyl (C=O) groups excluding carboxylic acids is 1. The summed E-state index contributed by atoms with van der Waals surface area (Å²) in [4.78, 5) is 22.5. The minimum atomic E-state index is -0.446. The normalized spacial score (nSPS) is 11.9. The standard InChI is InChI=1S/C12H15NO4S/c1-4-17-12(14)9(3)18-11-7-10(13(15)16)6-5-8(11)2/h5-7,9H,4H2,1-3H3. The average Bonchev–Trinajstić information content (AvgIpc) is 2.31. The van der Waals surface area contributed by atoms with E-state index in [1.165, 1.54) is 23.9 Å². The lowest BCUT2D eigenvalue weighted by Gasteiger charge is -2.11. The van der Waals surface area contributed by atoms with Crippen LogP contribution in [0.2, 0.25) is 0 Å². The highest BCUT2D eigenvalue weighted by Crippen LogP contribution is 2.30. The van der Waals surface area contributed by atoms with Crippen molar-refractivity contribution in [3.63, 3.8) is 0 Å². The molecule has 0 bridgehead atoms. The Kier molecular flexibility index (Phi) is 5.15. The van der Waals surface area contributed by atoms with Gasteiger partial charge in [0.1, 0.15) is 5.25 Å². The largest absolute Gasteiger partial charge is 0.465 e. The van der Waals surface area contributed by atoms with Gasteiger partial charge in [0.15, 0.2) is 0 Å². The molecule has 0 heterocycles. The number of hydrogen-bond donors (Lipinski definition) is 0. The molecule has 0 N–H and O–H groups in total. The predicted octanol–water partition coefficient (Wildman–Crippen LogP) is 2.95. The lowest BCUT2D eigenvalue weighted by Crippen LogP contribution is -2.16. The van der Waals surface area contributed by atoms with Crippen molar-refractivity contribution in [1.82, 2.24) is 0 Å². The van der Waals surface area contributed by atoms with Crippen molar-refractivity contribution >= 4 is 23.4 Å². The van der Waals surface area contributed by atoms with Crippen LogP contribution < -0.4 is 0 Å². The molecule has 0 fully saturated rings. The number of nitro groups is 1. The van der Waals surface area contributed by atoms with E-state index in [0.717, 1.165) is 10.5 Å². The molecule has 0 aliphatic rings. The minimum Gasteiger partial charge on any atom is -0.465 e. The van der Waals surface area contributed by atoms with Crippen LogP contribution in [-0.4, -0.2) is 22.7 Å². The first-order valence-corrected chi connectivity index (χ1v) is 6.42. The monoisotopic (exact) mass is 269 g/mol. The zero-order valence-electron chi connectivity index (χ0n) is 10.5. The van der Waals surface area contributed by atoms with Crippen LogP contribution in [0.25, 0.3) is 0 Å². The first-order chi connectivity index (χ1) is 8.45. The molecule has 0 spiro atoms. The van der Waals surface area contributed by atoms with Crippen LogP contribution in [0.1, 0.15) is 19.4 Å². The van der Waals surface area contributed by atoms with Gasteiger partial charge in [-0.2, -0.15) is 0 Å². The van der Waals surface area contributed by atoms with Gasteiger partial charge in [0.05, 0.1) is 11.5 Å². The van der Waals surface area contributed by atoms with Gasteiger partial charge in [-0.25, -0.2) is 0 Å². The van der Waals surface area contributed by atoms with Crippen molar-refractivity contribution in [3.05, 3.63) is 33.9 Å². The number of benzene rings is 1. The Morgan fingerprint density at radius 2 is 2.22 bits per heavy atom. The molecule has 0 saturated heterocycles. The van der Waals surface area contributed by atoms with E-state index in [1.807, 2.05) is 6.92 Å². The molecule has 0 radical (unpaired) electrons. The zero-order valence-corrected chi connectivity index (χ0v) is 11.3. The van der Waals surface area contributed by atoms with Gasteiger partial charge in [0.2, 0.25) is 0 Å². The Bertz CT molecular complexity index is 461. The number of non-ortho nitro benzene ring substituents is 1. The fourth-order valence-electron chi connectivity index (χ4n) is 1.33. The van der Waals surface area contributed by atoms with Crippen LogP contribution in [0, 0.1) is 17.0 Å². The summed E-state index contributed by atoms with van der Waals surface area (Å²) in [5.74, 6) is -0.312. The van der Waals surface area contributed by atoms with Crippen LogP contribution in [0.15, 0.2) is 23.1 Å². The van der Waals surface area contributed by atoms with Gasteiger partial charge in [-0.05, 0) is 26.3 Å². The van der Waals surface area contributed by atoms with Crippen LogP contribution in [0.3, 0.4) is 0 Å². The molecule has 98 valence electrons. The van der Waals surface area contributed by atoms with Crippen molar-refractivity contribution in [1.29, 1.82) is 0 Å². The summed E-state index contributed by atoms with van der Waals surface area (Å²) in [6.45, 7) is 5.65. The van der Waals surface area contributed by atoms with Crippen molar-refractivity contribution < 1.29 is 14.5 Å². The number of nitrogens with zero attached hydrogens (tertiary/aromatic N) is 1. The molecule has 18 heavy (non-hydrogen) atoms. The summed E-state index contributed by atoms with van der Waals surface area (Å²) in [5.41, 5.74) is 0.931. The lowest BCUT2D eigenvalue weighted by atomic mass is 10.2. The first kappa shape index (κ1) is 14.5. The number of aryl methyl sites for hydroxylation is 1. The lowest BCUT2D eigenvalue weighted by molar-refractivity contribution is -0.385. The fraction of sp³-hybridized carbons (Fsp3) is 0.417. The summed E-state index contributed by atoms with van der Waals surface area (Å²) in [6.07, 6.45) is 0. The predicted molar refractivity (Wildman–Crippen MR) is 69.8 cm³/mol. The second kappa shape index (κ2) is 6.39.